The molecule has 0 saturated carbocycles. The summed E-state index contributed by atoms with van der Waals surface area (Å²) >= 11 is 5.84. The van der Waals surface area contributed by atoms with Crippen LogP contribution in [0.25, 0.3) is 5.78 Å². The monoisotopic (exact) mass is 309 g/mol. The maximum Gasteiger partial charge on any atom is 0.255 e. The molecule has 21 heavy (non-hydrogen) atoms. The average molecular weight is 310 g/mol. The highest BCUT2D eigenvalue weighted by atomic mass is 35.5. The topological polar surface area (TPSA) is 69.1 Å². The first-order chi connectivity index (χ1) is 10.2. The van der Waals surface area contributed by atoms with Gasteiger partial charge in [0.1, 0.15) is 5.82 Å². The molecule has 0 aliphatic heterocycles. The molecule has 0 bridgehead atoms. The summed E-state index contributed by atoms with van der Waals surface area (Å²) in [6.45, 7) is 4.32. The van der Waals surface area contributed by atoms with E-state index in [-0.39, 0.29) is 5.28 Å². The molecule has 0 saturated heterocycles. The fraction of sp³-hybridized carbons (Fsp3) is 0.667. The van der Waals surface area contributed by atoms with E-state index >= 15 is 0 Å². The van der Waals surface area contributed by atoms with Gasteiger partial charge in [-0.05, 0) is 30.9 Å². The number of unbranched alkanes of at least 4 members (excludes halogenated alkanes) is 5. The molecule has 6 heteroatoms. The highest BCUT2D eigenvalue weighted by Gasteiger charge is 2.14. The van der Waals surface area contributed by atoms with Gasteiger partial charge >= 0.3 is 0 Å². The number of nitrogen functional groups attached to an aromatic ring is 1. The number of anilines is 1. The van der Waals surface area contributed by atoms with Crippen molar-refractivity contribution in [3.63, 3.8) is 0 Å². The number of halogens is 1. The van der Waals surface area contributed by atoms with E-state index in [9.17, 15) is 0 Å². The van der Waals surface area contributed by atoms with Crippen LogP contribution in [0.2, 0.25) is 5.28 Å². The van der Waals surface area contributed by atoms with Gasteiger partial charge in [0.2, 0.25) is 5.28 Å². The molecule has 0 aliphatic carbocycles. The van der Waals surface area contributed by atoms with Gasteiger partial charge in [-0.2, -0.15) is 9.50 Å². The van der Waals surface area contributed by atoms with Gasteiger partial charge in [0.15, 0.2) is 0 Å². The predicted octanol–water partition coefficient (Wildman–Crippen LogP) is 3.83. The Morgan fingerprint density at radius 2 is 1.76 bits per heavy atom. The number of nitrogens with zero attached hydrogens (tertiary/aromatic N) is 4. The summed E-state index contributed by atoms with van der Waals surface area (Å²) in [5.74, 6) is 1.12. The molecule has 5 nitrogen and oxygen atoms in total. The van der Waals surface area contributed by atoms with Crippen LogP contribution in [0.3, 0.4) is 0 Å². The molecule has 0 aromatic carbocycles. The van der Waals surface area contributed by atoms with E-state index in [1.165, 1.54) is 32.1 Å². The second-order valence-electron chi connectivity index (χ2n) is 5.39. The smallest absolute Gasteiger partial charge is 0.255 e. The van der Waals surface area contributed by atoms with Crippen molar-refractivity contribution in [3.05, 3.63) is 16.5 Å². The molecule has 2 N–H and O–H groups in total. The van der Waals surface area contributed by atoms with Crippen molar-refractivity contribution in [1.82, 2.24) is 19.6 Å². The number of hydrogen-bond acceptors (Lipinski definition) is 4. The molecule has 0 fully saturated rings. The van der Waals surface area contributed by atoms with Gasteiger partial charge in [0.25, 0.3) is 5.78 Å². The van der Waals surface area contributed by atoms with Gasteiger partial charge in [-0.1, -0.05) is 46.0 Å². The third-order valence-electron chi connectivity index (χ3n) is 3.80. The van der Waals surface area contributed by atoms with E-state index < -0.39 is 0 Å². The Hall–Kier alpha value is -1.36. The minimum Gasteiger partial charge on any atom is -0.383 e. The summed E-state index contributed by atoms with van der Waals surface area (Å²) in [5.41, 5.74) is 8.34. The number of aryl methyl sites for hydroxylation is 1. The molecule has 2 aromatic rings. The van der Waals surface area contributed by atoms with Crippen molar-refractivity contribution in [1.29, 1.82) is 0 Å². The van der Waals surface area contributed by atoms with Crippen molar-refractivity contribution in [2.45, 2.75) is 65.2 Å². The van der Waals surface area contributed by atoms with Crippen LogP contribution < -0.4 is 5.73 Å². The third-order valence-corrected chi connectivity index (χ3v) is 3.96. The van der Waals surface area contributed by atoms with E-state index in [1.807, 2.05) is 0 Å². The first kappa shape index (κ1) is 16.0. The molecular weight excluding hydrogens is 286 g/mol. The summed E-state index contributed by atoms with van der Waals surface area (Å²) in [7, 11) is 0. The quantitative estimate of drug-likeness (QED) is 0.752. The zero-order chi connectivity index (χ0) is 15.2. The minimum atomic E-state index is 0.188. The Balaban J connectivity index is 2.08. The molecule has 0 atom stereocenters. The summed E-state index contributed by atoms with van der Waals surface area (Å²) in [6.07, 6.45) is 9.38. The van der Waals surface area contributed by atoms with Gasteiger partial charge in [-0.25, -0.2) is 4.98 Å². The van der Waals surface area contributed by atoms with Gasteiger partial charge in [-0.15, -0.1) is 5.10 Å². The standard InChI is InChI=1S/C15H24ClN5/c1-3-5-6-7-8-9-10-11-12(4-2)18-15-19-14(16)20-21(15)13(11)17/h3-10,17H2,1-2H3. The largest absolute Gasteiger partial charge is 0.383 e. The zero-order valence-electron chi connectivity index (χ0n) is 12.9. The van der Waals surface area contributed by atoms with Crippen LogP contribution in [0, 0.1) is 0 Å². The summed E-state index contributed by atoms with van der Waals surface area (Å²) in [6, 6.07) is 0. The van der Waals surface area contributed by atoms with E-state index in [1.54, 1.807) is 4.52 Å². The lowest BCUT2D eigenvalue weighted by atomic mass is 10.0. The van der Waals surface area contributed by atoms with Crippen LogP contribution in [-0.2, 0) is 12.8 Å². The average Bonchev–Trinajstić information content (AvgIpc) is 2.85. The molecule has 116 valence electrons. The van der Waals surface area contributed by atoms with Crippen LogP contribution in [0.15, 0.2) is 0 Å². The fourth-order valence-corrected chi connectivity index (χ4v) is 2.78. The predicted molar refractivity (Wildman–Crippen MR) is 86.7 cm³/mol. The Morgan fingerprint density at radius 3 is 2.48 bits per heavy atom. The molecule has 0 aliphatic rings. The molecule has 0 unspecified atom stereocenters. The number of rotatable bonds is 8. The van der Waals surface area contributed by atoms with Crippen LogP contribution in [0.5, 0.6) is 0 Å². The van der Waals surface area contributed by atoms with Crippen LogP contribution >= 0.6 is 11.6 Å². The highest BCUT2D eigenvalue weighted by Crippen LogP contribution is 2.21. The van der Waals surface area contributed by atoms with Crippen LogP contribution in [-0.4, -0.2) is 19.6 Å². The van der Waals surface area contributed by atoms with Crippen molar-refractivity contribution >= 4 is 23.2 Å². The van der Waals surface area contributed by atoms with Crippen LogP contribution in [0.1, 0.15) is 63.6 Å². The van der Waals surface area contributed by atoms with Crippen molar-refractivity contribution in [3.8, 4) is 0 Å². The summed E-state index contributed by atoms with van der Waals surface area (Å²) in [5, 5.41) is 4.29. The number of nitrogens with two attached hydrogens (primary N) is 1. The van der Waals surface area contributed by atoms with Gasteiger partial charge < -0.3 is 5.73 Å². The molecule has 0 radical (unpaired) electrons. The Kier molecular flexibility index (Phi) is 5.79. The van der Waals surface area contributed by atoms with Crippen LogP contribution in [0.4, 0.5) is 5.82 Å². The molecular formula is C15H24ClN5. The summed E-state index contributed by atoms with van der Waals surface area (Å²) in [4.78, 5) is 8.61. The maximum absolute atomic E-state index is 6.23. The van der Waals surface area contributed by atoms with E-state index in [4.69, 9.17) is 17.3 Å². The van der Waals surface area contributed by atoms with E-state index in [0.717, 1.165) is 30.5 Å². The van der Waals surface area contributed by atoms with Gasteiger partial charge in [0, 0.05) is 5.56 Å². The first-order valence-corrected chi connectivity index (χ1v) is 8.24. The lowest BCUT2D eigenvalue weighted by molar-refractivity contribution is 0.605. The second kappa shape index (κ2) is 7.59. The minimum absolute atomic E-state index is 0.188. The fourth-order valence-electron chi connectivity index (χ4n) is 2.62. The number of fused-ring (bicyclic) bond motifs is 1. The zero-order valence-corrected chi connectivity index (χ0v) is 13.7. The molecule has 2 aromatic heterocycles. The molecule has 0 spiro atoms. The van der Waals surface area contributed by atoms with E-state index in [0.29, 0.717) is 11.6 Å². The maximum atomic E-state index is 6.23. The Labute approximate surface area is 130 Å². The van der Waals surface area contributed by atoms with Crippen molar-refractivity contribution < 1.29 is 0 Å². The molecule has 2 heterocycles. The van der Waals surface area contributed by atoms with Gasteiger partial charge in [0.05, 0.1) is 5.69 Å². The lowest BCUT2D eigenvalue weighted by Crippen LogP contribution is -2.10. The van der Waals surface area contributed by atoms with E-state index in [2.05, 4.69) is 28.9 Å². The Bertz CT molecular complexity index is 593. The van der Waals surface area contributed by atoms with Gasteiger partial charge in [-0.3, -0.25) is 0 Å². The van der Waals surface area contributed by atoms with Crippen molar-refractivity contribution in [2.24, 2.45) is 0 Å². The Morgan fingerprint density at radius 1 is 1.05 bits per heavy atom. The number of aromatic nitrogens is 4. The SMILES string of the molecule is CCCCCCCCc1c(CC)nc2nc(Cl)nn2c1N. The number of hydrogen-bond donors (Lipinski definition) is 1. The van der Waals surface area contributed by atoms with Crippen molar-refractivity contribution in [2.75, 3.05) is 5.73 Å². The summed E-state index contributed by atoms with van der Waals surface area (Å²) < 4.78 is 1.55. The molecule has 0 amide bonds. The highest BCUT2D eigenvalue weighted by molar-refractivity contribution is 6.28. The normalized spacial score (nSPS) is 11.4. The second-order valence-corrected chi connectivity index (χ2v) is 5.72. The lowest BCUT2D eigenvalue weighted by Gasteiger charge is -2.11. The first-order valence-electron chi connectivity index (χ1n) is 7.86. The third kappa shape index (κ3) is 3.84. The molecule has 2 rings (SSSR count).